The molecule has 0 saturated carbocycles. The number of hydrogen-bond donors (Lipinski definition) is 3. The summed E-state index contributed by atoms with van der Waals surface area (Å²) in [5.41, 5.74) is 6.05. The van der Waals surface area contributed by atoms with Gasteiger partial charge in [-0.25, -0.2) is 4.98 Å². The second-order valence-corrected chi connectivity index (χ2v) is 3.37. The second kappa shape index (κ2) is 5.40. The van der Waals surface area contributed by atoms with Gasteiger partial charge in [-0.15, -0.1) is 12.4 Å². The summed E-state index contributed by atoms with van der Waals surface area (Å²) >= 11 is 2.01. The lowest BCUT2D eigenvalue weighted by atomic mass is 10.2. The average Bonchev–Trinajstić information content (AvgIpc) is 2.35. The van der Waals surface area contributed by atoms with Crippen molar-refractivity contribution in [2.24, 2.45) is 5.73 Å². The molecule has 5 nitrogen and oxygen atoms in total. The quantitative estimate of drug-likeness (QED) is 0.703. The number of H-pyrrole nitrogens is 1. The molecule has 0 unspecified atom stereocenters. The first kappa shape index (κ1) is 12.7. The number of nitrogens with two attached hydrogens (primary N) is 1. The van der Waals surface area contributed by atoms with E-state index < -0.39 is 12.0 Å². The Morgan fingerprint density at radius 2 is 2.46 bits per heavy atom. The van der Waals surface area contributed by atoms with E-state index in [0.29, 0.717) is 0 Å². The fourth-order valence-electron chi connectivity index (χ4n) is 0.760. The summed E-state index contributed by atoms with van der Waals surface area (Å²) < 4.78 is 0.736. The lowest BCUT2D eigenvalue weighted by Crippen LogP contribution is -2.32. The van der Waals surface area contributed by atoms with Gasteiger partial charge in [-0.3, -0.25) is 4.79 Å². The molecule has 74 valence electrons. The number of carbonyl (C=O) groups is 1. The SMILES string of the molecule is Cl.N[C@@H](Cc1cnc(I)[nH]1)C(=O)O. The van der Waals surface area contributed by atoms with E-state index in [4.69, 9.17) is 10.8 Å². The zero-order valence-corrected chi connectivity index (χ0v) is 9.50. The summed E-state index contributed by atoms with van der Waals surface area (Å²) in [6, 6.07) is -0.860. The van der Waals surface area contributed by atoms with Gasteiger partial charge < -0.3 is 15.8 Å². The Labute approximate surface area is 94.7 Å². The van der Waals surface area contributed by atoms with Crippen LogP contribution in [0.2, 0.25) is 0 Å². The molecule has 0 aliphatic rings. The number of nitrogens with zero attached hydrogens (tertiary/aromatic N) is 1. The highest BCUT2D eigenvalue weighted by atomic mass is 127. The fraction of sp³-hybridized carbons (Fsp3) is 0.333. The zero-order valence-electron chi connectivity index (χ0n) is 6.53. The van der Waals surface area contributed by atoms with Crippen molar-refractivity contribution >= 4 is 41.0 Å². The molecule has 4 N–H and O–H groups in total. The van der Waals surface area contributed by atoms with Crippen LogP contribution in [0.15, 0.2) is 6.20 Å². The maximum absolute atomic E-state index is 10.3. The lowest BCUT2D eigenvalue weighted by Gasteiger charge is -2.02. The molecule has 0 spiro atoms. The molecule has 0 amide bonds. The summed E-state index contributed by atoms with van der Waals surface area (Å²) in [4.78, 5) is 17.2. The minimum atomic E-state index is -1.00. The maximum Gasteiger partial charge on any atom is 0.320 e. The number of carboxylic acids is 1. The number of nitrogens with one attached hydrogen (secondary N) is 1. The van der Waals surface area contributed by atoms with Crippen molar-refractivity contribution in [2.75, 3.05) is 0 Å². The number of aromatic nitrogens is 2. The molecule has 0 fully saturated rings. The number of rotatable bonds is 3. The van der Waals surface area contributed by atoms with Crippen LogP contribution in [0, 0.1) is 3.83 Å². The number of hydrogen-bond acceptors (Lipinski definition) is 3. The molecule has 13 heavy (non-hydrogen) atoms. The third-order valence-electron chi connectivity index (χ3n) is 1.35. The van der Waals surface area contributed by atoms with Gasteiger partial charge in [0.2, 0.25) is 0 Å². The van der Waals surface area contributed by atoms with E-state index in [1.807, 2.05) is 22.6 Å². The topological polar surface area (TPSA) is 92.0 Å². The third kappa shape index (κ3) is 3.92. The third-order valence-corrected chi connectivity index (χ3v) is 1.90. The van der Waals surface area contributed by atoms with Crippen molar-refractivity contribution in [1.82, 2.24) is 9.97 Å². The first-order valence-corrected chi connectivity index (χ1v) is 4.35. The molecule has 0 bridgehead atoms. The standard InChI is InChI=1S/C6H8IN3O2.ClH/c7-6-9-2-3(10-6)1-4(8)5(11)12;/h2,4H,1,8H2,(H,9,10)(H,11,12);1H/t4-;/m0./s1. The second-order valence-electron chi connectivity index (χ2n) is 2.35. The summed E-state index contributed by atoms with van der Waals surface area (Å²) in [6.07, 6.45) is 1.87. The van der Waals surface area contributed by atoms with E-state index in [1.54, 1.807) is 6.20 Å². The first-order chi connectivity index (χ1) is 5.59. The highest BCUT2D eigenvalue weighted by Gasteiger charge is 2.12. The molecule has 1 aromatic rings. The Kier molecular flexibility index (Phi) is 5.26. The molecule has 0 aromatic carbocycles. The number of halogens is 2. The van der Waals surface area contributed by atoms with Crippen molar-refractivity contribution in [3.8, 4) is 0 Å². The van der Waals surface area contributed by atoms with Crippen LogP contribution in [0.1, 0.15) is 5.69 Å². The Hall–Kier alpha value is -0.340. The molecule has 0 radical (unpaired) electrons. The van der Waals surface area contributed by atoms with E-state index in [2.05, 4.69) is 9.97 Å². The largest absolute Gasteiger partial charge is 0.480 e. The molecule has 1 heterocycles. The lowest BCUT2D eigenvalue weighted by molar-refractivity contribution is -0.138. The number of carboxylic acid groups (broad SMARTS) is 1. The van der Waals surface area contributed by atoms with Gasteiger partial charge in [-0.2, -0.15) is 0 Å². The van der Waals surface area contributed by atoms with Crippen LogP contribution in [-0.4, -0.2) is 27.1 Å². The highest BCUT2D eigenvalue weighted by Crippen LogP contribution is 2.02. The van der Waals surface area contributed by atoms with Crippen LogP contribution in [0.25, 0.3) is 0 Å². The van der Waals surface area contributed by atoms with E-state index in [-0.39, 0.29) is 18.8 Å². The number of aromatic amines is 1. The van der Waals surface area contributed by atoms with Crippen molar-refractivity contribution in [3.63, 3.8) is 0 Å². The molecule has 0 aliphatic carbocycles. The van der Waals surface area contributed by atoms with Gasteiger partial charge >= 0.3 is 5.97 Å². The Bertz CT molecular complexity index is 291. The normalized spacial score (nSPS) is 11.8. The van der Waals surface area contributed by atoms with Crippen molar-refractivity contribution in [3.05, 3.63) is 15.7 Å². The van der Waals surface area contributed by atoms with Crippen LogP contribution in [0.5, 0.6) is 0 Å². The molecule has 0 saturated heterocycles. The van der Waals surface area contributed by atoms with Crippen molar-refractivity contribution < 1.29 is 9.90 Å². The van der Waals surface area contributed by atoms with Gasteiger partial charge in [0.05, 0.1) is 0 Å². The fourth-order valence-corrected chi connectivity index (χ4v) is 1.25. The van der Waals surface area contributed by atoms with Crippen LogP contribution in [0.3, 0.4) is 0 Å². The number of aliphatic carboxylic acids is 1. The summed E-state index contributed by atoms with van der Waals surface area (Å²) in [6.45, 7) is 0. The molecule has 1 aromatic heterocycles. The Balaban J connectivity index is 0.00000144. The van der Waals surface area contributed by atoms with Crippen molar-refractivity contribution in [1.29, 1.82) is 0 Å². The van der Waals surface area contributed by atoms with Crippen LogP contribution >= 0.6 is 35.0 Å². The van der Waals surface area contributed by atoms with Gasteiger partial charge in [-0.05, 0) is 22.6 Å². The molecule has 1 atom stereocenters. The van der Waals surface area contributed by atoms with Crippen LogP contribution in [-0.2, 0) is 11.2 Å². The van der Waals surface area contributed by atoms with Gasteiger partial charge in [0, 0.05) is 18.3 Å². The van der Waals surface area contributed by atoms with Crippen molar-refractivity contribution in [2.45, 2.75) is 12.5 Å². The first-order valence-electron chi connectivity index (χ1n) is 3.27. The summed E-state index contributed by atoms with van der Waals surface area (Å²) in [5, 5.41) is 8.49. The average molecular weight is 318 g/mol. The van der Waals surface area contributed by atoms with Crippen LogP contribution < -0.4 is 5.73 Å². The molecular formula is C6H9ClIN3O2. The molecule has 1 rings (SSSR count). The molecule has 0 aliphatic heterocycles. The minimum Gasteiger partial charge on any atom is -0.480 e. The smallest absolute Gasteiger partial charge is 0.320 e. The Morgan fingerprint density at radius 3 is 2.85 bits per heavy atom. The predicted octanol–water partition coefficient (Wildman–Crippen LogP) is 0.391. The molecular weight excluding hydrogens is 308 g/mol. The van der Waals surface area contributed by atoms with Gasteiger partial charge in [-0.1, -0.05) is 0 Å². The van der Waals surface area contributed by atoms with E-state index in [1.165, 1.54) is 0 Å². The number of imidazole rings is 1. The van der Waals surface area contributed by atoms with Gasteiger partial charge in [0.15, 0.2) is 3.83 Å². The zero-order chi connectivity index (χ0) is 9.14. The minimum absolute atomic E-state index is 0. The summed E-state index contributed by atoms with van der Waals surface area (Å²) in [5.74, 6) is -1.00. The Morgan fingerprint density at radius 1 is 1.85 bits per heavy atom. The van der Waals surface area contributed by atoms with Gasteiger partial charge in [0.25, 0.3) is 0 Å². The maximum atomic E-state index is 10.3. The summed E-state index contributed by atoms with van der Waals surface area (Å²) in [7, 11) is 0. The van der Waals surface area contributed by atoms with E-state index in [9.17, 15) is 4.79 Å². The monoisotopic (exact) mass is 317 g/mol. The van der Waals surface area contributed by atoms with Crippen LogP contribution in [0.4, 0.5) is 0 Å². The van der Waals surface area contributed by atoms with Gasteiger partial charge in [0.1, 0.15) is 6.04 Å². The molecule has 7 heteroatoms. The van der Waals surface area contributed by atoms with E-state index >= 15 is 0 Å². The predicted molar refractivity (Wildman–Crippen MR) is 57.9 cm³/mol. The van der Waals surface area contributed by atoms with E-state index in [0.717, 1.165) is 9.53 Å². The highest BCUT2D eigenvalue weighted by molar-refractivity contribution is 14.1.